The molecule has 0 spiro atoms. The highest BCUT2D eigenvalue weighted by Gasteiger charge is 2.04. The van der Waals surface area contributed by atoms with Crippen LogP contribution in [0, 0.1) is 6.92 Å². The van der Waals surface area contributed by atoms with Gasteiger partial charge in [0.2, 0.25) is 0 Å². The second-order valence-corrected chi connectivity index (χ2v) is 4.56. The lowest BCUT2D eigenvalue weighted by Crippen LogP contribution is -2.09. The first-order valence-electron chi connectivity index (χ1n) is 6.72. The number of rotatable bonds is 3. The van der Waals surface area contributed by atoms with Crippen LogP contribution in [0.5, 0.6) is 0 Å². The molecule has 0 atom stereocenters. The molecule has 3 aromatic rings. The van der Waals surface area contributed by atoms with E-state index in [1.165, 1.54) is 16.5 Å². The predicted molar refractivity (Wildman–Crippen MR) is 82.7 cm³/mol. The number of fused-ring (bicyclic) bond motifs is 1. The van der Waals surface area contributed by atoms with Gasteiger partial charge in [0.1, 0.15) is 13.4 Å². The highest BCUT2D eigenvalue weighted by Crippen LogP contribution is 2.19. The largest absolute Gasteiger partial charge is 0.409 e. The Balaban J connectivity index is 0.000000497. The summed E-state index contributed by atoms with van der Waals surface area (Å²) in [5.41, 5.74) is 3.53. The summed E-state index contributed by atoms with van der Waals surface area (Å²) in [5.74, 6) is 0. The third-order valence-electron chi connectivity index (χ3n) is 3.09. The second-order valence-electron chi connectivity index (χ2n) is 4.56. The molecule has 0 radical (unpaired) electrons. The molecule has 0 amide bonds. The Morgan fingerprint density at radius 3 is 2.29 bits per heavy atom. The molecule has 2 aromatic carbocycles. The van der Waals surface area contributed by atoms with Gasteiger partial charge in [-0.15, -0.1) is 0 Å². The van der Waals surface area contributed by atoms with E-state index >= 15 is 0 Å². The quantitative estimate of drug-likeness (QED) is 0.727. The third-order valence-corrected chi connectivity index (χ3v) is 3.09. The Labute approximate surface area is 123 Å². The lowest BCUT2D eigenvalue weighted by molar-refractivity contribution is 0.0773. The lowest BCUT2D eigenvalue weighted by atomic mass is 10.2. The van der Waals surface area contributed by atoms with Crippen molar-refractivity contribution in [2.24, 2.45) is 0 Å². The number of nitrogens with zero attached hydrogens (tertiary/aromatic N) is 1. The molecule has 21 heavy (non-hydrogen) atoms. The number of aryl methyl sites for hydroxylation is 1. The summed E-state index contributed by atoms with van der Waals surface area (Å²) in [5, 5.41) is 15.5. The average molecular weight is 285 g/mol. The van der Waals surface area contributed by atoms with Gasteiger partial charge in [-0.05, 0) is 24.1 Å². The van der Waals surface area contributed by atoms with Crippen LogP contribution in [0.25, 0.3) is 10.9 Å². The summed E-state index contributed by atoms with van der Waals surface area (Å²) in [7, 11) is 0. The first-order chi connectivity index (χ1) is 10.3. The van der Waals surface area contributed by atoms with Gasteiger partial charge in [0.05, 0.1) is 5.52 Å². The van der Waals surface area contributed by atoms with Crippen LogP contribution in [-0.4, -0.2) is 21.7 Å². The minimum atomic E-state index is -0.750. The van der Waals surface area contributed by atoms with Crippen molar-refractivity contribution in [2.45, 2.75) is 13.5 Å². The highest BCUT2D eigenvalue weighted by atomic mass is 16.7. The average Bonchev–Trinajstić information content (AvgIpc) is 2.84. The molecule has 0 aliphatic carbocycles. The predicted octanol–water partition coefficient (Wildman–Crippen LogP) is 2.51. The molecule has 110 valence electrons. The Morgan fingerprint density at radius 1 is 0.952 bits per heavy atom. The zero-order valence-electron chi connectivity index (χ0n) is 11.9. The Kier molecular flexibility index (Phi) is 5.37. The van der Waals surface area contributed by atoms with Gasteiger partial charge in [-0.2, -0.15) is 4.73 Å². The maximum atomic E-state index is 7.12. The summed E-state index contributed by atoms with van der Waals surface area (Å²) >= 11 is 0. The van der Waals surface area contributed by atoms with Crippen molar-refractivity contribution >= 4 is 10.9 Å². The van der Waals surface area contributed by atoms with Crippen LogP contribution in [-0.2, 0) is 6.61 Å². The van der Waals surface area contributed by atoms with Gasteiger partial charge in [0.25, 0.3) is 0 Å². The van der Waals surface area contributed by atoms with Crippen LogP contribution in [0.4, 0.5) is 0 Å². The standard InChI is InChI=1S/C16H15NO.CH4O2/c1-13-11-17(16-10-6-5-9-15(13)16)18-12-14-7-3-2-4-8-14;2-1-3/h2-11H,12H2,1H3;2-3H,1H2. The van der Waals surface area contributed by atoms with Crippen LogP contribution in [0.15, 0.2) is 60.8 Å². The van der Waals surface area contributed by atoms with E-state index in [0.29, 0.717) is 6.61 Å². The van der Waals surface area contributed by atoms with Gasteiger partial charge in [-0.3, -0.25) is 0 Å². The first kappa shape index (κ1) is 15.1. The Bertz CT molecular complexity index is 677. The molecule has 4 nitrogen and oxygen atoms in total. The summed E-state index contributed by atoms with van der Waals surface area (Å²) in [6.07, 6.45) is 2.04. The van der Waals surface area contributed by atoms with Gasteiger partial charge < -0.3 is 15.1 Å². The smallest absolute Gasteiger partial charge is 0.140 e. The molecule has 0 saturated heterocycles. The van der Waals surface area contributed by atoms with Crippen LogP contribution >= 0.6 is 0 Å². The fourth-order valence-electron chi connectivity index (χ4n) is 2.14. The second kappa shape index (κ2) is 7.47. The molecule has 0 fully saturated rings. The van der Waals surface area contributed by atoms with Crippen molar-refractivity contribution in [3.63, 3.8) is 0 Å². The first-order valence-corrected chi connectivity index (χ1v) is 6.72. The van der Waals surface area contributed by atoms with E-state index < -0.39 is 6.79 Å². The van der Waals surface area contributed by atoms with E-state index in [2.05, 4.69) is 37.3 Å². The van der Waals surface area contributed by atoms with Crippen molar-refractivity contribution in [2.75, 3.05) is 6.79 Å². The fourth-order valence-corrected chi connectivity index (χ4v) is 2.14. The topological polar surface area (TPSA) is 54.6 Å². The van der Waals surface area contributed by atoms with E-state index in [1.54, 1.807) is 0 Å². The Hall–Kier alpha value is -2.30. The van der Waals surface area contributed by atoms with Crippen molar-refractivity contribution in [3.8, 4) is 0 Å². The Morgan fingerprint density at radius 2 is 1.57 bits per heavy atom. The summed E-state index contributed by atoms with van der Waals surface area (Å²) in [6.45, 7) is 1.93. The summed E-state index contributed by atoms with van der Waals surface area (Å²) in [6, 6.07) is 18.5. The van der Waals surface area contributed by atoms with E-state index in [0.717, 1.165) is 5.52 Å². The number of benzene rings is 2. The summed E-state index contributed by atoms with van der Waals surface area (Å²) in [4.78, 5) is 5.84. The lowest BCUT2D eigenvalue weighted by Gasteiger charge is -2.08. The normalized spacial score (nSPS) is 10.0. The van der Waals surface area contributed by atoms with Crippen LogP contribution in [0.2, 0.25) is 0 Å². The van der Waals surface area contributed by atoms with Crippen molar-refractivity contribution in [1.82, 2.24) is 4.73 Å². The molecule has 0 aliphatic rings. The summed E-state index contributed by atoms with van der Waals surface area (Å²) < 4.78 is 1.86. The van der Waals surface area contributed by atoms with E-state index in [4.69, 9.17) is 15.1 Å². The maximum Gasteiger partial charge on any atom is 0.140 e. The minimum absolute atomic E-state index is 0.582. The molecule has 4 heteroatoms. The molecule has 0 unspecified atom stereocenters. The third kappa shape index (κ3) is 3.84. The number of hydrogen-bond acceptors (Lipinski definition) is 3. The molecular formula is C17H19NO3. The monoisotopic (exact) mass is 285 g/mol. The highest BCUT2D eigenvalue weighted by molar-refractivity contribution is 5.83. The molecule has 0 aliphatic heterocycles. The fraction of sp³-hybridized carbons (Fsp3) is 0.176. The van der Waals surface area contributed by atoms with E-state index in [9.17, 15) is 0 Å². The number of hydrogen-bond donors (Lipinski definition) is 2. The van der Waals surface area contributed by atoms with Crippen molar-refractivity contribution in [1.29, 1.82) is 0 Å². The van der Waals surface area contributed by atoms with Crippen molar-refractivity contribution < 1.29 is 15.1 Å². The maximum absolute atomic E-state index is 7.12. The van der Waals surface area contributed by atoms with E-state index in [1.807, 2.05) is 35.2 Å². The molecule has 1 heterocycles. The van der Waals surface area contributed by atoms with Gasteiger partial charge >= 0.3 is 0 Å². The molecule has 2 N–H and O–H groups in total. The van der Waals surface area contributed by atoms with E-state index in [-0.39, 0.29) is 0 Å². The molecule has 1 aromatic heterocycles. The number of aliphatic hydroxyl groups is 2. The van der Waals surface area contributed by atoms with Gasteiger partial charge in [-0.25, -0.2) is 0 Å². The number of aromatic nitrogens is 1. The molecule has 0 bridgehead atoms. The molecule has 3 rings (SSSR count). The van der Waals surface area contributed by atoms with Gasteiger partial charge in [0, 0.05) is 11.6 Å². The number of aliphatic hydroxyl groups excluding tert-OH is 1. The zero-order chi connectivity index (χ0) is 15.1. The van der Waals surface area contributed by atoms with Crippen LogP contribution in [0.3, 0.4) is 0 Å². The SMILES string of the molecule is Cc1cn(OCc2ccccc2)c2ccccc12.OCO. The molecular weight excluding hydrogens is 266 g/mol. The van der Waals surface area contributed by atoms with Crippen LogP contribution < -0.4 is 4.84 Å². The number of para-hydroxylation sites is 1. The van der Waals surface area contributed by atoms with Crippen LogP contribution in [0.1, 0.15) is 11.1 Å². The zero-order valence-corrected chi connectivity index (χ0v) is 11.9. The minimum Gasteiger partial charge on any atom is -0.409 e. The van der Waals surface area contributed by atoms with Gasteiger partial charge in [-0.1, -0.05) is 48.5 Å². The molecule has 0 saturated carbocycles. The van der Waals surface area contributed by atoms with Crippen molar-refractivity contribution in [3.05, 3.63) is 71.9 Å². The van der Waals surface area contributed by atoms with Gasteiger partial charge in [0.15, 0.2) is 0 Å².